The van der Waals surface area contributed by atoms with E-state index in [1.54, 1.807) is 4.90 Å². The van der Waals surface area contributed by atoms with E-state index in [0.717, 1.165) is 53.5 Å². The van der Waals surface area contributed by atoms with Crippen molar-refractivity contribution >= 4 is 11.8 Å². The van der Waals surface area contributed by atoms with Crippen LogP contribution in [0.2, 0.25) is 0 Å². The van der Waals surface area contributed by atoms with Gasteiger partial charge in [0.1, 0.15) is 11.8 Å². The highest BCUT2D eigenvalue weighted by Gasteiger charge is 2.32. The van der Waals surface area contributed by atoms with E-state index in [-0.39, 0.29) is 24.5 Å². The van der Waals surface area contributed by atoms with Gasteiger partial charge in [0, 0.05) is 19.0 Å². The van der Waals surface area contributed by atoms with E-state index < -0.39 is 6.04 Å². The standard InChI is InChI=1S/C33H40N2O3/c1-24-14-12-20-31(26(24)3)38-23-32(36)35(22-28-17-11-10-13-25(28)2)30(21-27-15-6-4-7-16-27)33(37)34-29-18-8-5-9-19-29/h4,6-7,10-17,20,29-30H,5,8-9,18-19,21-23H2,1-3H3,(H,34,37). The van der Waals surface area contributed by atoms with Gasteiger partial charge in [-0.1, -0.05) is 86.0 Å². The second-order valence-corrected chi connectivity index (χ2v) is 10.5. The molecule has 1 atom stereocenters. The number of amides is 2. The molecule has 1 saturated carbocycles. The molecular formula is C33H40N2O3. The predicted molar refractivity (Wildman–Crippen MR) is 152 cm³/mol. The van der Waals surface area contributed by atoms with Crippen LogP contribution in [0.15, 0.2) is 72.8 Å². The van der Waals surface area contributed by atoms with Gasteiger partial charge in [-0.2, -0.15) is 0 Å². The van der Waals surface area contributed by atoms with Crippen LogP contribution in [0.3, 0.4) is 0 Å². The lowest BCUT2D eigenvalue weighted by atomic mass is 9.94. The van der Waals surface area contributed by atoms with Crippen LogP contribution in [0.5, 0.6) is 5.75 Å². The summed E-state index contributed by atoms with van der Waals surface area (Å²) < 4.78 is 6.04. The van der Waals surface area contributed by atoms with Gasteiger partial charge in [0.2, 0.25) is 5.91 Å². The van der Waals surface area contributed by atoms with Crippen molar-refractivity contribution in [3.8, 4) is 5.75 Å². The maximum atomic E-state index is 13.9. The fourth-order valence-corrected chi connectivity index (χ4v) is 5.17. The van der Waals surface area contributed by atoms with Gasteiger partial charge in [-0.05, 0) is 67.5 Å². The van der Waals surface area contributed by atoms with Gasteiger partial charge in [-0.15, -0.1) is 0 Å². The molecule has 38 heavy (non-hydrogen) atoms. The maximum absolute atomic E-state index is 13.9. The Kier molecular flexibility index (Phi) is 9.58. The summed E-state index contributed by atoms with van der Waals surface area (Å²) in [6.07, 6.45) is 5.90. The van der Waals surface area contributed by atoms with Crippen LogP contribution in [-0.2, 0) is 22.6 Å². The molecule has 0 spiro atoms. The maximum Gasteiger partial charge on any atom is 0.261 e. The highest BCUT2D eigenvalue weighted by atomic mass is 16.5. The smallest absolute Gasteiger partial charge is 0.261 e. The summed E-state index contributed by atoms with van der Waals surface area (Å²) in [6.45, 7) is 6.28. The van der Waals surface area contributed by atoms with Gasteiger partial charge in [0.15, 0.2) is 6.61 Å². The Bertz CT molecular complexity index is 1220. The van der Waals surface area contributed by atoms with Crippen molar-refractivity contribution in [3.63, 3.8) is 0 Å². The lowest BCUT2D eigenvalue weighted by Gasteiger charge is -2.33. The Morgan fingerprint density at radius 1 is 0.868 bits per heavy atom. The Morgan fingerprint density at radius 2 is 1.55 bits per heavy atom. The second kappa shape index (κ2) is 13.3. The highest BCUT2D eigenvalue weighted by molar-refractivity contribution is 5.88. The van der Waals surface area contributed by atoms with Gasteiger partial charge >= 0.3 is 0 Å². The van der Waals surface area contributed by atoms with Crippen molar-refractivity contribution in [2.75, 3.05) is 6.61 Å². The monoisotopic (exact) mass is 512 g/mol. The first kappa shape index (κ1) is 27.4. The summed E-state index contributed by atoms with van der Waals surface area (Å²) in [5.41, 5.74) is 5.26. The fourth-order valence-electron chi connectivity index (χ4n) is 5.17. The number of ether oxygens (including phenoxy) is 1. The fraction of sp³-hybridized carbons (Fsp3) is 0.394. The second-order valence-electron chi connectivity index (χ2n) is 10.5. The summed E-state index contributed by atoms with van der Waals surface area (Å²) >= 11 is 0. The van der Waals surface area contributed by atoms with Gasteiger partial charge in [-0.3, -0.25) is 9.59 Å². The van der Waals surface area contributed by atoms with Crippen molar-refractivity contribution in [3.05, 3.63) is 101 Å². The first-order valence-corrected chi connectivity index (χ1v) is 13.8. The first-order valence-electron chi connectivity index (χ1n) is 13.8. The first-order chi connectivity index (χ1) is 18.4. The molecule has 4 rings (SSSR count). The van der Waals surface area contributed by atoms with Crippen molar-refractivity contribution in [1.29, 1.82) is 0 Å². The lowest BCUT2D eigenvalue weighted by molar-refractivity contribution is -0.143. The van der Waals surface area contributed by atoms with Crippen LogP contribution in [0.1, 0.15) is 59.9 Å². The third-order valence-corrected chi connectivity index (χ3v) is 7.73. The van der Waals surface area contributed by atoms with Crippen molar-refractivity contribution in [2.45, 2.75) is 77.9 Å². The Labute approximate surface area is 227 Å². The number of nitrogens with one attached hydrogen (secondary N) is 1. The molecule has 0 aromatic heterocycles. The van der Waals surface area contributed by atoms with Crippen LogP contribution < -0.4 is 10.1 Å². The Hall–Kier alpha value is -3.60. The van der Waals surface area contributed by atoms with Crippen LogP contribution in [0.25, 0.3) is 0 Å². The lowest BCUT2D eigenvalue weighted by Crippen LogP contribution is -2.53. The number of carbonyl (C=O) groups is 2. The molecule has 3 aromatic carbocycles. The molecule has 5 nitrogen and oxygen atoms in total. The van der Waals surface area contributed by atoms with Gasteiger partial charge in [0.25, 0.3) is 5.91 Å². The summed E-state index contributed by atoms with van der Waals surface area (Å²) in [5, 5.41) is 3.29. The number of aryl methyl sites for hydroxylation is 2. The average molecular weight is 513 g/mol. The van der Waals surface area contributed by atoms with Crippen LogP contribution in [0, 0.1) is 20.8 Å². The van der Waals surface area contributed by atoms with E-state index in [0.29, 0.717) is 18.7 Å². The van der Waals surface area contributed by atoms with Gasteiger partial charge < -0.3 is 15.0 Å². The Balaban J connectivity index is 1.63. The zero-order valence-electron chi connectivity index (χ0n) is 22.9. The minimum Gasteiger partial charge on any atom is -0.483 e. The average Bonchev–Trinajstić information content (AvgIpc) is 2.93. The summed E-state index contributed by atoms with van der Waals surface area (Å²) in [6, 6.07) is 23.4. The highest BCUT2D eigenvalue weighted by Crippen LogP contribution is 2.23. The summed E-state index contributed by atoms with van der Waals surface area (Å²) in [4.78, 5) is 29.5. The minimum absolute atomic E-state index is 0.0885. The zero-order chi connectivity index (χ0) is 26.9. The molecule has 2 amide bonds. The molecule has 0 heterocycles. The number of hydrogen-bond acceptors (Lipinski definition) is 3. The normalized spacial score (nSPS) is 14.5. The van der Waals surface area contributed by atoms with Gasteiger partial charge in [-0.25, -0.2) is 0 Å². The molecule has 0 aliphatic heterocycles. The SMILES string of the molecule is Cc1ccccc1CN(C(=O)COc1cccc(C)c1C)C(Cc1ccccc1)C(=O)NC1CCCCC1. The molecule has 0 radical (unpaired) electrons. The van der Waals surface area contributed by atoms with Crippen LogP contribution in [0.4, 0.5) is 0 Å². The molecule has 1 unspecified atom stereocenters. The molecule has 200 valence electrons. The number of nitrogens with zero attached hydrogens (tertiary/aromatic N) is 1. The summed E-state index contributed by atoms with van der Waals surface area (Å²) in [5.74, 6) is 0.406. The predicted octanol–water partition coefficient (Wildman–Crippen LogP) is 6.08. The van der Waals surface area contributed by atoms with E-state index in [1.807, 2.05) is 93.6 Å². The zero-order valence-corrected chi connectivity index (χ0v) is 22.9. The summed E-state index contributed by atoms with van der Waals surface area (Å²) in [7, 11) is 0. The third kappa shape index (κ3) is 7.25. The molecule has 0 saturated heterocycles. The van der Waals surface area contributed by atoms with Crippen molar-refractivity contribution in [2.24, 2.45) is 0 Å². The van der Waals surface area contributed by atoms with Crippen molar-refractivity contribution in [1.82, 2.24) is 10.2 Å². The molecule has 0 bridgehead atoms. The molecular weight excluding hydrogens is 472 g/mol. The number of rotatable bonds is 10. The minimum atomic E-state index is -0.645. The van der Waals surface area contributed by atoms with E-state index in [1.165, 1.54) is 6.42 Å². The van der Waals surface area contributed by atoms with E-state index in [4.69, 9.17) is 4.74 Å². The number of carbonyl (C=O) groups excluding carboxylic acids is 2. The van der Waals surface area contributed by atoms with Crippen LogP contribution in [-0.4, -0.2) is 35.4 Å². The molecule has 1 N–H and O–H groups in total. The molecule has 3 aromatic rings. The van der Waals surface area contributed by atoms with Crippen molar-refractivity contribution < 1.29 is 14.3 Å². The molecule has 5 heteroatoms. The van der Waals surface area contributed by atoms with E-state index in [9.17, 15) is 9.59 Å². The molecule has 1 fully saturated rings. The number of hydrogen-bond donors (Lipinski definition) is 1. The van der Waals surface area contributed by atoms with Crippen LogP contribution >= 0.6 is 0 Å². The number of benzene rings is 3. The largest absolute Gasteiger partial charge is 0.483 e. The Morgan fingerprint density at radius 3 is 2.29 bits per heavy atom. The topological polar surface area (TPSA) is 58.6 Å². The molecule has 1 aliphatic rings. The quantitative estimate of drug-likeness (QED) is 0.358. The van der Waals surface area contributed by atoms with E-state index >= 15 is 0 Å². The molecule has 1 aliphatic carbocycles. The van der Waals surface area contributed by atoms with Gasteiger partial charge in [0.05, 0.1) is 0 Å². The van der Waals surface area contributed by atoms with E-state index in [2.05, 4.69) is 5.32 Å². The third-order valence-electron chi connectivity index (χ3n) is 7.73.